The summed E-state index contributed by atoms with van der Waals surface area (Å²) >= 11 is 0. The smallest absolute Gasteiger partial charge is 0.254 e. The Hall–Kier alpha value is -3.99. The van der Waals surface area contributed by atoms with E-state index in [1.54, 1.807) is 24.3 Å². The highest BCUT2D eigenvalue weighted by Crippen LogP contribution is 2.23. The van der Waals surface area contributed by atoms with Crippen LogP contribution in [-0.4, -0.2) is 19.3 Å². The fourth-order valence-electron chi connectivity index (χ4n) is 2.75. The zero-order chi connectivity index (χ0) is 23.3. The van der Waals surface area contributed by atoms with Gasteiger partial charge in [0.25, 0.3) is 15.9 Å². The van der Waals surface area contributed by atoms with Crippen LogP contribution in [0.15, 0.2) is 66.7 Å². The highest BCUT2D eigenvalue weighted by atomic mass is 32.2. The van der Waals surface area contributed by atoms with E-state index in [2.05, 4.69) is 26.9 Å². The number of nitrogens with one attached hydrogen (secondary N) is 3. The molecule has 0 aliphatic heterocycles. The second-order valence-electron chi connectivity index (χ2n) is 6.63. The topological polar surface area (TPSA) is 126 Å². The van der Waals surface area contributed by atoms with Crippen molar-refractivity contribution in [1.82, 2.24) is 4.98 Å². The molecule has 0 aliphatic carbocycles. The van der Waals surface area contributed by atoms with Gasteiger partial charge in [-0.2, -0.15) is 0 Å². The molecule has 11 heteroatoms. The van der Waals surface area contributed by atoms with E-state index in [1.165, 1.54) is 24.4 Å². The Labute approximate surface area is 183 Å². The van der Waals surface area contributed by atoms with Crippen LogP contribution in [0.5, 0.6) is 0 Å². The van der Waals surface area contributed by atoms with Gasteiger partial charge in [-0.3, -0.25) is 9.52 Å². The molecule has 0 saturated heterocycles. The number of nitrogens with zero attached hydrogens (tertiary/aromatic N) is 1. The average molecular weight is 459 g/mol. The summed E-state index contributed by atoms with van der Waals surface area (Å²) in [7, 11) is -3.62. The van der Waals surface area contributed by atoms with Crippen molar-refractivity contribution < 1.29 is 22.0 Å². The highest BCUT2D eigenvalue weighted by Gasteiger charge is 2.12. The van der Waals surface area contributed by atoms with E-state index in [4.69, 9.17) is 5.73 Å². The predicted octanol–water partition coefficient (Wildman–Crippen LogP) is 3.70. The Balaban J connectivity index is 1.78. The van der Waals surface area contributed by atoms with Gasteiger partial charge in [-0.25, -0.2) is 22.2 Å². The van der Waals surface area contributed by atoms with Crippen LogP contribution >= 0.6 is 0 Å². The molecule has 1 amide bonds. The Morgan fingerprint density at radius 1 is 1.06 bits per heavy atom. The zero-order valence-corrected chi connectivity index (χ0v) is 17.4. The SMILES string of the molecule is C=CS(=O)(=O)Nc1ccc(Nc2cc(NCc3cc(F)cc(F)c3)c(C(N)=O)cn2)cc1. The van der Waals surface area contributed by atoms with Crippen LogP contribution < -0.4 is 21.1 Å². The van der Waals surface area contributed by atoms with Crippen molar-refractivity contribution in [3.63, 3.8) is 0 Å². The summed E-state index contributed by atoms with van der Waals surface area (Å²) in [5, 5.41) is 6.74. The second-order valence-corrected chi connectivity index (χ2v) is 8.25. The van der Waals surface area contributed by atoms with Gasteiger partial charge in [-0.05, 0) is 42.0 Å². The van der Waals surface area contributed by atoms with Crippen LogP contribution in [0.25, 0.3) is 0 Å². The number of rotatable bonds is 9. The number of benzene rings is 2. The number of hydrogen-bond donors (Lipinski definition) is 4. The first kappa shape index (κ1) is 22.7. The van der Waals surface area contributed by atoms with Crippen LogP contribution in [0.2, 0.25) is 0 Å². The van der Waals surface area contributed by atoms with Gasteiger partial charge in [0.15, 0.2) is 0 Å². The molecule has 1 heterocycles. The lowest BCUT2D eigenvalue weighted by molar-refractivity contribution is 0.100. The molecule has 5 N–H and O–H groups in total. The van der Waals surface area contributed by atoms with Crippen molar-refractivity contribution in [1.29, 1.82) is 0 Å². The number of carbonyl (C=O) groups is 1. The third-order valence-corrected chi connectivity index (χ3v) is 5.17. The third-order valence-electron chi connectivity index (χ3n) is 4.21. The normalized spacial score (nSPS) is 10.9. The van der Waals surface area contributed by atoms with Crippen LogP contribution in [0.3, 0.4) is 0 Å². The summed E-state index contributed by atoms with van der Waals surface area (Å²) in [5.41, 5.74) is 7.07. The average Bonchev–Trinajstić information content (AvgIpc) is 2.73. The number of carbonyl (C=O) groups excluding carboxylic acids is 1. The Bertz CT molecular complexity index is 1240. The first-order valence-electron chi connectivity index (χ1n) is 9.16. The van der Waals surface area contributed by atoms with Crippen LogP contribution in [0.1, 0.15) is 15.9 Å². The maximum absolute atomic E-state index is 13.4. The van der Waals surface area contributed by atoms with Gasteiger partial charge >= 0.3 is 0 Å². The van der Waals surface area contributed by atoms with E-state index in [1.807, 2.05) is 0 Å². The molecular weight excluding hydrogens is 440 g/mol. The number of aromatic nitrogens is 1. The number of amides is 1. The molecule has 3 aromatic rings. The largest absolute Gasteiger partial charge is 0.380 e. The van der Waals surface area contributed by atoms with Gasteiger partial charge in [0, 0.05) is 41.7 Å². The van der Waals surface area contributed by atoms with E-state index >= 15 is 0 Å². The number of pyridine rings is 1. The minimum absolute atomic E-state index is 0.0383. The minimum atomic E-state index is -3.62. The first-order chi connectivity index (χ1) is 15.1. The maximum atomic E-state index is 13.4. The molecule has 2 aromatic carbocycles. The van der Waals surface area contributed by atoms with E-state index in [9.17, 15) is 22.0 Å². The van der Waals surface area contributed by atoms with Crippen molar-refractivity contribution in [2.75, 3.05) is 15.4 Å². The molecule has 8 nitrogen and oxygen atoms in total. The Morgan fingerprint density at radius 2 is 1.69 bits per heavy atom. The molecule has 0 unspecified atom stereocenters. The second kappa shape index (κ2) is 9.43. The van der Waals surface area contributed by atoms with E-state index in [-0.39, 0.29) is 12.1 Å². The van der Waals surface area contributed by atoms with Crippen LogP contribution in [0, 0.1) is 11.6 Å². The fraction of sp³-hybridized carbons (Fsp3) is 0.0476. The van der Waals surface area contributed by atoms with E-state index < -0.39 is 27.6 Å². The molecule has 3 rings (SSSR count). The number of anilines is 4. The molecule has 0 radical (unpaired) electrons. The van der Waals surface area contributed by atoms with Crippen molar-refractivity contribution >= 4 is 38.8 Å². The predicted molar refractivity (Wildman–Crippen MR) is 119 cm³/mol. The van der Waals surface area contributed by atoms with Crippen LogP contribution in [0.4, 0.5) is 31.7 Å². The van der Waals surface area contributed by atoms with Gasteiger partial charge < -0.3 is 16.4 Å². The van der Waals surface area contributed by atoms with Crippen molar-refractivity contribution in [3.05, 3.63) is 89.5 Å². The van der Waals surface area contributed by atoms with Gasteiger partial charge in [0.2, 0.25) is 0 Å². The van der Waals surface area contributed by atoms with Gasteiger partial charge in [-0.15, -0.1) is 0 Å². The molecule has 1 aromatic heterocycles. The van der Waals surface area contributed by atoms with Crippen molar-refractivity contribution in [2.24, 2.45) is 5.73 Å². The Morgan fingerprint density at radius 3 is 2.28 bits per heavy atom. The van der Waals surface area contributed by atoms with Crippen molar-refractivity contribution in [2.45, 2.75) is 6.54 Å². The summed E-state index contributed by atoms with van der Waals surface area (Å²) in [4.78, 5) is 15.9. The molecule has 0 spiro atoms. The standard InChI is InChI=1S/C21H19F2N5O3S/c1-2-32(30,31)28-17-5-3-16(4-6-17)27-20-10-19(18(12-26-20)21(24)29)25-11-13-7-14(22)9-15(23)8-13/h2-10,12,28H,1,11H2,(H2,24,29)(H2,25,26,27). The summed E-state index contributed by atoms with van der Waals surface area (Å²) in [6.45, 7) is 3.26. The maximum Gasteiger partial charge on any atom is 0.254 e. The molecule has 166 valence electrons. The molecule has 32 heavy (non-hydrogen) atoms. The minimum Gasteiger partial charge on any atom is -0.380 e. The quantitative estimate of drug-likeness (QED) is 0.387. The number of hydrogen-bond acceptors (Lipinski definition) is 6. The summed E-state index contributed by atoms with van der Waals surface area (Å²) in [6, 6.07) is 10.9. The monoisotopic (exact) mass is 459 g/mol. The zero-order valence-electron chi connectivity index (χ0n) is 16.6. The molecule has 0 aliphatic rings. The van der Waals surface area contributed by atoms with Gasteiger partial charge in [-0.1, -0.05) is 6.58 Å². The number of nitrogens with two attached hydrogens (primary N) is 1. The van der Waals surface area contributed by atoms with Crippen molar-refractivity contribution in [3.8, 4) is 0 Å². The summed E-state index contributed by atoms with van der Waals surface area (Å²) in [5.74, 6) is -1.81. The molecular formula is C21H19F2N5O3S. The molecule has 0 fully saturated rings. The van der Waals surface area contributed by atoms with Crippen LogP contribution in [-0.2, 0) is 16.6 Å². The third kappa shape index (κ3) is 6.01. The van der Waals surface area contributed by atoms with E-state index in [0.717, 1.165) is 11.5 Å². The lowest BCUT2D eigenvalue weighted by Gasteiger charge is -2.13. The molecule has 0 bridgehead atoms. The summed E-state index contributed by atoms with van der Waals surface area (Å²) < 4.78 is 52.2. The van der Waals surface area contributed by atoms with E-state index in [0.29, 0.717) is 28.4 Å². The van der Waals surface area contributed by atoms with Gasteiger partial charge in [0.1, 0.15) is 17.5 Å². The highest BCUT2D eigenvalue weighted by molar-refractivity contribution is 7.95. The number of halogens is 2. The molecule has 0 saturated carbocycles. The van der Waals surface area contributed by atoms with Gasteiger partial charge in [0.05, 0.1) is 11.3 Å². The lowest BCUT2D eigenvalue weighted by atomic mass is 10.1. The lowest BCUT2D eigenvalue weighted by Crippen LogP contribution is -2.15. The number of primary amides is 1. The first-order valence-corrected chi connectivity index (χ1v) is 10.7. The fourth-order valence-corrected chi connectivity index (χ4v) is 3.30. The summed E-state index contributed by atoms with van der Waals surface area (Å²) in [6.07, 6.45) is 1.27. The number of sulfonamides is 1. The molecule has 0 atom stereocenters. The Kier molecular flexibility index (Phi) is 6.69.